The first-order valence-corrected chi connectivity index (χ1v) is 11.9. The number of unbranched alkanes of at least 4 members (excludes halogenated alkanes) is 3. The number of carbonyl (C=O) groups excluding carboxylic acids is 4. The number of hydrogen-bond acceptors (Lipinski definition) is 8. The van der Waals surface area contributed by atoms with Crippen LogP contribution in [-0.2, 0) is 33.4 Å². The van der Waals surface area contributed by atoms with Crippen molar-refractivity contribution >= 4 is 35.3 Å². The molecule has 0 aromatic heterocycles. The van der Waals surface area contributed by atoms with Crippen LogP contribution in [0, 0.1) is 0 Å². The Morgan fingerprint density at radius 2 is 1.79 bits per heavy atom. The van der Waals surface area contributed by atoms with Crippen LogP contribution >= 0.6 is 11.6 Å². The van der Waals surface area contributed by atoms with Gasteiger partial charge in [-0.15, -0.1) is 0 Å². The lowest BCUT2D eigenvalue weighted by Gasteiger charge is -2.27. The van der Waals surface area contributed by atoms with Gasteiger partial charge in [0, 0.05) is 32.3 Å². The van der Waals surface area contributed by atoms with Gasteiger partial charge in [0.1, 0.15) is 11.7 Å². The van der Waals surface area contributed by atoms with Crippen LogP contribution in [0.15, 0.2) is 34.9 Å². The third kappa shape index (κ3) is 9.81. The van der Waals surface area contributed by atoms with E-state index < -0.39 is 41.5 Å². The molecule has 0 amide bonds. The van der Waals surface area contributed by atoms with Crippen molar-refractivity contribution in [3.8, 4) is 0 Å². The minimum atomic E-state index is -1.69. The average Bonchev–Trinajstić information content (AvgIpc) is 2.97. The van der Waals surface area contributed by atoms with Gasteiger partial charge in [0.05, 0.1) is 12.1 Å². The SMILES string of the molecule is CCCCC/C=C\C[C@]1(O)C=C(Cl)C(=O)C1=C[C@H](OC(C)=O)[C@H](CCCC(=O)OC)OC(C)=O. The number of carbonyl (C=O) groups is 4. The average molecular weight is 499 g/mol. The van der Waals surface area contributed by atoms with Crippen LogP contribution in [-0.4, -0.2) is 53.7 Å². The number of rotatable bonds is 14. The lowest BCUT2D eigenvalue weighted by molar-refractivity contribution is -0.162. The van der Waals surface area contributed by atoms with Gasteiger partial charge < -0.3 is 19.3 Å². The Balaban J connectivity index is 3.20. The Bertz CT molecular complexity index is 829. The molecule has 0 saturated carbocycles. The van der Waals surface area contributed by atoms with Gasteiger partial charge in [-0.3, -0.25) is 19.2 Å². The number of allylic oxidation sites excluding steroid dienone is 2. The van der Waals surface area contributed by atoms with Crippen molar-refractivity contribution in [2.45, 2.75) is 89.9 Å². The Labute approximate surface area is 206 Å². The summed E-state index contributed by atoms with van der Waals surface area (Å²) >= 11 is 6.05. The van der Waals surface area contributed by atoms with E-state index >= 15 is 0 Å². The van der Waals surface area contributed by atoms with Gasteiger partial charge in [-0.2, -0.15) is 0 Å². The molecule has 0 aliphatic heterocycles. The highest BCUT2D eigenvalue weighted by Crippen LogP contribution is 2.37. The first-order valence-electron chi connectivity index (χ1n) is 11.5. The van der Waals surface area contributed by atoms with Gasteiger partial charge in [0.25, 0.3) is 0 Å². The Hall–Kier alpha value is -2.45. The Kier molecular flexibility index (Phi) is 12.8. The zero-order valence-electron chi connectivity index (χ0n) is 20.3. The van der Waals surface area contributed by atoms with E-state index in [1.165, 1.54) is 33.1 Å². The fourth-order valence-corrected chi connectivity index (χ4v) is 3.87. The third-order valence-corrected chi connectivity index (χ3v) is 5.56. The highest BCUT2D eigenvalue weighted by atomic mass is 35.5. The smallest absolute Gasteiger partial charge is 0.305 e. The molecule has 0 radical (unpaired) electrons. The molecule has 1 aliphatic rings. The van der Waals surface area contributed by atoms with Crippen molar-refractivity contribution in [2.75, 3.05) is 7.11 Å². The fourth-order valence-electron chi connectivity index (χ4n) is 3.59. The van der Waals surface area contributed by atoms with Crippen molar-refractivity contribution in [3.63, 3.8) is 0 Å². The summed E-state index contributed by atoms with van der Waals surface area (Å²) in [6.07, 6.45) is 8.77. The lowest BCUT2D eigenvalue weighted by Crippen LogP contribution is -2.36. The standard InChI is InChI=1S/C25H35ClO8/c1-5-6-7-8-9-10-14-25(31)16-20(26)24(30)19(25)15-22(34-18(3)28)21(33-17(2)27)12-11-13-23(29)32-4/h9-10,15-16,21-22,31H,5-8,11-14H2,1-4H3/b10-9-,19-15?/t21-,22-,25-/m0/s1. The Morgan fingerprint density at radius 1 is 1.12 bits per heavy atom. The summed E-state index contributed by atoms with van der Waals surface area (Å²) in [5.41, 5.74) is -1.76. The maximum atomic E-state index is 12.7. The normalized spacial score (nSPS) is 20.8. The van der Waals surface area contributed by atoms with Gasteiger partial charge in [-0.25, -0.2) is 0 Å². The first-order chi connectivity index (χ1) is 16.0. The monoisotopic (exact) mass is 498 g/mol. The molecular formula is C25H35ClO8. The fraction of sp³-hybridized carbons (Fsp3) is 0.600. The molecule has 1 rings (SSSR count). The van der Waals surface area contributed by atoms with Crippen LogP contribution < -0.4 is 0 Å². The maximum Gasteiger partial charge on any atom is 0.305 e. The molecule has 1 aliphatic carbocycles. The lowest BCUT2D eigenvalue weighted by atomic mass is 9.90. The molecule has 1 N–H and O–H groups in total. The molecule has 0 saturated heterocycles. The largest absolute Gasteiger partial charge is 0.469 e. The molecule has 8 nitrogen and oxygen atoms in total. The molecule has 9 heteroatoms. The summed E-state index contributed by atoms with van der Waals surface area (Å²) in [6, 6.07) is 0. The highest BCUT2D eigenvalue weighted by molar-refractivity contribution is 6.46. The van der Waals surface area contributed by atoms with Crippen molar-refractivity contribution in [2.24, 2.45) is 0 Å². The molecule has 3 atom stereocenters. The zero-order chi connectivity index (χ0) is 25.7. The Morgan fingerprint density at radius 3 is 2.38 bits per heavy atom. The quantitative estimate of drug-likeness (QED) is 0.125. The number of esters is 3. The highest BCUT2D eigenvalue weighted by Gasteiger charge is 2.42. The predicted molar refractivity (Wildman–Crippen MR) is 127 cm³/mol. The minimum absolute atomic E-state index is 0.0629. The van der Waals surface area contributed by atoms with Crippen LogP contribution in [0.25, 0.3) is 0 Å². The number of halogens is 1. The van der Waals surface area contributed by atoms with E-state index in [1.807, 2.05) is 6.08 Å². The molecule has 0 aromatic carbocycles. The molecular weight excluding hydrogens is 464 g/mol. The van der Waals surface area contributed by atoms with Gasteiger partial charge in [0.15, 0.2) is 6.10 Å². The van der Waals surface area contributed by atoms with Crippen LogP contribution in [0.3, 0.4) is 0 Å². The summed E-state index contributed by atoms with van der Waals surface area (Å²) in [5.74, 6) is -2.34. The first kappa shape index (κ1) is 29.6. The summed E-state index contributed by atoms with van der Waals surface area (Å²) in [6.45, 7) is 4.49. The van der Waals surface area contributed by atoms with Crippen LogP contribution in [0.2, 0.25) is 0 Å². The van der Waals surface area contributed by atoms with E-state index in [1.54, 1.807) is 6.08 Å². The number of methoxy groups -OCH3 is 1. The number of ketones is 1. The molecule has 0 unspecified atom stereocenters. The topological polar surface area (TPSA) is 116 Å². The second kappa shape index (κ2) is 14.7. The van der Waals surface area contributed by atoms with Gasteiger partial charge in [0.2, 0.25) is 5.78 Å². The summed E-state index contributed by atoms with van der Waals surface area (Å²) in [7, 11) is 1.26. The molecule has 34 heavy (non-hydrogen) atoms. The van der Waals surface area contributed by atoms with Crippen molar-refractivity contribution in [3.05, 3.63) is 34.9 Å². The van der Waals surface area contributed by atoms with Crippen molar-refractivity contribution in [1.82, 2.24) is 0 Å². The molecule has 0 bridgehead atoms. The van der Waals surface area contributed by atoms with E-state index in [2.05, 4.69) is 11.7 Å². The van der Waals surface area contributed by atoms with Crippen molar-refractivity contribution in [1.29, 1.82) is 0 Å². The number of aliphatic hydroxyl groups is 1. The predicted octanol–water partition coefficient (Wildman–Crippen LogP) is 4.08. The second-order valence-corrected chi connectivity index (χ2v) is 8.59. The summed E-state index contributed by atoms with van der Waals surface area (Å²) < 4.78 is 15.3. The zero-order valence-corrected chi connectivity index (χ0v) is 21.1. The van der Waals surface area contributed by atoms with Gasteiger partial charge in [-0.1, -0.05) is 43.5 Å². The van der Waals surface area contributed by atoms with E-state index in [4.69, 9.17) is 21.1 Å². The molecule has 190 valence electrons. The van der Waals surface area contributed by atoms with E-state index in [0.717, 1.165) is 25.7 Å². The second-order valence-electron chi connectivity index (χ2n) is 8.19. The molecule has 0 spiro atoms. The number of ether oxygens (including phenoxy) is 3. The number of hydrogen-bond donors (Lipinski definition) is 1. The third-order valence-electron chi connectivity index (χ3n) is 5.28. The molecule has 0 fully saturated rings. The minimum Gasteiger partial charge on any atom is -0.469 e. The molecule has 0 aromatic rings. The molecule has 0 heterocycles. The summed E-state index contributed by atoms with van der Waals surface area (Å²) in [5, 5.41) is 11.1. The van der Waals surface area contributed by atoms with E-state index in [-0.39, 0.29) is 36.3 Å². The van der Waals surface area contributed by atoms with Crippen LogP contribution in [0.5, 0.6) is 0 Å². The van der Waals surface area contributed by atoms with E-state index in [0.29, 0.717) is 0 Å². The maximum absolute atomic E-state index is 12.7. The number of Topliss-reactive ketones (excluding diaryl/α,β-unsaturated/α-hetero) is 1. The van der Waals surface area contributed by atoms with Crippen LogP contribution in [0.4, 0.5) is 0 Å². The van der Waals surface area contributed by atoms with Gasteiger partial charge in [-0.05, 0) is 37.8 Å². The van der Waals surface area contributed by atoms with Crippen LogP contribution in [0.1, 0.15) is 72.1 Å². The summed E-state index contributed by atoms with van der Waals surface area (Å²) in [4.78, 5) is 47.7. The van der Waals surface area contributed by atoms with E-state index in [9.17, 15) is 24.3 Å². The van der Waals surface area contributed by atoms with Gasteiger partial charge >= 0.3 is 17.9 Å². The van der Waals surface area contributed by atoms with Crippen molar-refractivity contribution < 1.29 is 38.5 Å².